The molecule has 31 heavy (non-hydrogen) atoms. The van der Waals surface area contributed by atoms with Crippen LogP contribution in [0.25, 0.3) is 0 Å². The predicted molar refractivity (Wildman–Crippen MR) is 118 cm³/mol. The van der Waals surface area contributed by atoms with Gasteiger partial charge in [-0.1, -0.05) is 45.1 Å². The summed E-state index contributed by atoms with van der Waals surface area (Å²) < 4.78 is 5.01. The minimum absolute atomic E-state index is 0.334. The number of ether oxygens (including phenoxy) is 1. The van der Waals surface area contributed by atoms with Crippen molar-refractivity contribution < 1.29 is 34.4 Å². The lowest BCUT2D eigenvalue weighted by Gasteiger charge is -2.32. The van der Waals surface area contributed by atoms with Crippen molar-refractivity contribution in [3.05, 3.63) is 12.2 Å². The zero-order valence-electron chi connectivity index (χ0n) is 19.2. The first kappa shape index (κ1) is 29.2. The van der Waals surface area contributed by atoms with E-state index in [1.165, 1.54) is 18.9 Å². The molecular formula is C23H41NO7. The van der Waals surface area contributed by atoms with Crippen molar-refractivity contribution in [2.24, 2.45) is 5.73 Å². The van der Waals surface area contributed by atoms with Gasteiger partial charge in [0.05, 0.1) is 0 Å². The number of aliphatic hydroxyl groups is 2. The maximum Gasteiger partial charge on any atom is 0.326 e. The minimum atomic E-state index is -2.10. The number of Topliss-reactive ketones (excluding diaryl/α,β-unsaturated/α-hetero) is 1. The summed E-state index contributed by atoms with van der Waals surface area (Å²) in [6.45, 7) is 4.38. The molecule has 0 aromatic rings. The first-order valence-corrected chi connectivity index (χ1v) is 11.3. The standard InChI is InChI=1S/C23H41NO7/c1-4-5-6-11-14-18(26)15-12-9-7-8-10-13-16-19(31-17(2)25)20(27)21(28)23(3,24)22(29)30/h13,16,19-21,27-28H,4-12,14-15,24H2,1-3H3,(H,29,30). The van der Waals surface area contributed by atoms with Crippen molar-refractivity contribution in [1.29, 1.82) is 0 Å². The number of rotatable bonds is 18. The molecule has 180 valence electrons. The molecule has 0 saturated carbocycles. The van der Waals surface area contributed by atoms with Gasteiger partial charge < -0.3 is 25.8 Å². The van der Waals surface area contributed by atoms with Crippen molar-refractivity contribution >= 4 is 17.7 Å². The zero-order chi connectivity index (χ0) is 23.9. The van der Waals surface area contributed by atoms with Crippen LogP contribution < -0.4 is 5.73 Å². The Kier molecular flexibility index (Phi) is 15.0. The van der Waals surface area contributed by atoms with E-state index in [1.807, 2.05) is 0 Å². The number of carboxylic acid groups (broad SMARTS) is 1. The van der Waals surface area contributed by atoms with E-state index in [0.717, 1.165) is 52.4 Å². The number of unbranched alkanes of at least 4 members (excludes halogenated alkanes) is 7. The van der Waals surface area contributed by atoms with E-state index in [9.17, 15) is 24.6 Å². The summed E-state index contributed by atoms with van der Waals surface area (Å²) in [6, 6.07) is 0. The van der Waals surface area contributed by atoms with Crippen LogP contribution in [-0.2, 0) is 19.1 Å². The van der Waals surface area contributed by atoms with Gasteiger partial charge in [-0.3, -0.25) is 14.4 Å². The molecular weight excluding hydrogens is 402 g/mol. The highest BCUT2D eigenvalue weighted by Crippen LogP contribution is 2.17. The number of carbonyl (C=O) groups is 3. The summed E-state index contributed by atoms with van der Waals surface area (Å²) in [5, 5.41) is 29.5. The van der Waals surface area contributed by atoms with Gasteiger partial charge in [-0.15, -0.1) is 0 Å². The fraction of sp³-hybridized carbons (Fsp3) is 0.783. The topological polar surface area (TPSA) is 147 Å². The summed E-state index contributed by atoms with van der Waals surface area (Å²) in [4.78, 5) is 34.3. The molecule has 0 radical (unpaired) electrons. The quantitative estimate of drug-likeness (QED) is 0.144. The van der Waals surface area contributed by atoms with Crippen LogP contribution in [-0.4, -0.2) is 56.9 Å². The molecule has 0 bridgehead atoms. The highest BCUT2D eigenvalue weighted by Gasteiger charge is 2.43. The number of ketones is 1. The number of aliphatic hydroxyl groups excluding tert-OH is 2. The molecule has 0 aliphatic carbocycles. The lowest BCUT2D eigenvalue weighted by Crippen LogP contribution is -2.61. The van der Waals surface area contributed by atoms with Crippen LogP contribution in [0.1, 0.15) is 91.4 Å². The molecule has 0 aromatic carbocycles. The highest BCUT2D eigenvalue weighted by atomic mass is 16.6. The fourth-order valence-electron chi connectivity index (χ4n) is 3.12. The Labute approximate surface area is 185 Å². The average Bonchev–Trinajstić information content (AvgIpc) is 2.70. The third kappa shape index (κ3) is 12.6. The van der Waals surface area contributed by atoms with E-state index in [-0.39, 0.29) is 0 Å². The van der Waals surface area contributed by atoms with Crippen molar-refractivity contribution in [3.8, 4) is 0 Å². The first-order chi connectivity index (χ1) is 14.5. The van der Waals surface area contributed by atoms with Gasteiger partial charge >= 0.3 is 11.9 Å². The Balaban J connectivity index is 4.32. The van der Waals surface area contributed by atoms with Gasteiger partial charge in [0.25, 0.3) is 0 Å². The largest absolute Gasteiger partial charge is 0.480 e. The van der Waals surface area contributed by atoms with E-state index in [1.54, 1.807) is 6.08 Å². The second-order valence-electron chi connectivity index (χ2n) is 8.33. The van der Waals surface area contributed by atoms with E-state index >= 15 is 0 Å². The van der Waals surface area contributed by atoms with Crippen molar-refractivity contribution in [1.82, 2.24) is 0 Å². The van der Waals surface area contributed by atoms with Crippen molar-refractivity contribution in [2.75, 3.05) is 0 Å². The number of hydrogen-bond donors (Lipinski definition) is 4. The van der Waals surface area contributed by atoms with Gasteiger partial charge in [0.15, 0.2) is 0 Å². The van der Waals surface area contributed by atoms with E-state index in [4.69, 9.17) is 15.6 Å². The predicted octanol–water partition coefficient (Wildman–Crippen LogP) is 2.88. The molecule has 4 unspecified atom stereocenters. The van der Waals surface area contributed by atoms with Crippen LogP contribution in [0.4, 0.5) is 0 Å². The molecule has 0 spiro atoms. The molecule has 8 heteroatoms. The number of allylic oxidation sites excluding steroid dienone is 1. The molecule has 0 heterocycles. The van der Waals surface area contributed by atoms with Crippen molar-refractivity contribution in [3.63, 3.8) is 0 Å². The Morgan fingerprint density at radius 3 is 2.06 bits per heavy atom. The van der Waals surface area contributed by atoms with Gasteiger partial charge in [-0.25, -0.2) is 0 Å². The van der Waals surface area contributed by atoms with Crippen LogP contribution in [0.15, 0.2) is 12.2 Å². The molecule has 0 fully saturated rings. The summed E-state index contributed by atoms with van der Waals surface area (Å²) in [6.07, 6.45) is 8.47. The molecule has 0 aliphatic rings. The maximum atomic E-state index is 11.8. The highest BCUT2D eigenvalue weighted by molar-refractivity contribution is 5.79. The zero-order valence-corrected chi connectivity index (χ0v) is 19.2. The molecule has 5 N–H and O–H groups in total. The molecule has 0 saturated heterocycles. The van der Waals surface area contributed by atoms with Gasteiger partial charge in [0, 0.05) is 19.8 Å². The Morgan fingerprint density at radius 2 is 1.55 bits per heavy atom. The molecule has 0 aliphatic heterocycles. The number of carbonyl (C=O) groups excluding carboxylic acids is 2. The number of aliphatic carboxylic acids is 1. The Morgan fingerprint density at radius 1 is 1.00 bits per heavy atom. The smallest absolute Gasteiger partial charge is 0.326 e. The van der Waals surface area contributed by atoms with Crippen molar-refractivity contribution in [2.45, 2.75) is 115 Å². The maximum absolute atomic E-state index is 11.8. The molecule has 0 aromatic heterocycles. The van der Waals surface area contributed by atoms with E-state index in [0.29, 0.717) is 25.0 Å². The summed E-state index contributed by atoms with van der Waals surface area (Å²) >= 11 is 0. The molecule has 0 amide bonds. The third-order valence-corrected chi connectivity index (χ3v) is 5.25. The fourth-order valence-corrected chi connectivity index (χ4v) is 3.12. The number of carboxylic acids is 1. The molecule has 8 nitrogen and oxygen atoms in total. The van der Waals surface area contributed by atoms with Crippen LogP contribution in [0, 0.1) is 0 Å². The Hall–Kier alpha value is -1.77. The minimum Gasteiger partial charge on any atom is -0.480 e. The summed E-state index contributed by atoms with van der Waals surface area (Å²) in [5.74, 6) is -1.82. The van der Waals surface area contributed by atoms with Crippen LogP contribution in [0.5, 0.6) is 0 Å². The van der Waals surface area contributed by atoms with Crippen LogP contribution in [0.3, 0.4) is 0 Å². The second-order valence-corrected chi connectivity index (χ2v) is 8.33. The number of hydrogen-bond acceptors (Lipinski definition) is 7. The van der Waals surface area contributed by atoms with E-state index < -0.39 is 35.8 Å². The number of nitrogens with two attached hydrogens (primary N) is 1. The van der Waals surface area contributed by atoms with Gasteiger partial charge in [-0.05, 0) is 38.7 Å². The summed E-state index contributed by atoms with van der Waals surface area (Å²) in [7, 11) is 0. The average molecular weight is 444 g/mol. The second kappa shape index (κ2) is 15.9. The lowest BCUT2D eigenvalue weighted by molar-refractivity contribution is -0.161. The van der Waals surface area contributed by atoms with E-state index in [2.05, 4.69) is 6.92 Å². The lowest BCUT2D eigenvalue weighted by atomic mass is 9.89. The molecule has 4 atom stereocenters. The van der Waals surface area contributed by atoms with Gasteiger partial charge in [-0.2, -0.15) is 0 Å². The first-order valence-electron chi connectivity index (χ1n) is 11.3. The molecule has 0 rings (SSSR count). The van der Waals surface area contributed by atoms with Crippen LogP contribution in [0.2, 0.25) is 0 Å². The van der Waals surface area contributed by atoms with Crippen LogP contribution >= 0.6 is 0 Å². The third-order valence-electron chi connectivity index (χ3n) is 5.25. The van der Waals surface area contributed by atoms with Gasteiger partial charge in [0.2, 0.25) is 0 Å². The Bertz CT molecular complexity index is 574. The number of esters is 1. The van der Waals surface area contributed by atoms with Gasteiger partial charge in [0.1, 0.15) is 29.6 Å². The summed E-state index contributed by atoms with van der Waals surface area (Å²) in [5.41, 5.74) is 3.46. The monoisotopic (exact) mass is 443 g/mol. The normalized spacial score (nSPS) is 16.5. The SMILES string of the molecule is CCCCCCC(=O)CCCCCCC=CC(OC(C)=O)C(O)C(O)C(C)(N)C(=O)O.